The summed E-state index contributed by atoms with van der Waals surface area (Å²) in [5, 5.41) is 11.6. The topological polar surface area (TPSA) is 88.2 Å². The molecule has 238 valence electrons. The number of hydrogen-bond donors (Lipinski definition) is 2. The molecule has 10 heteroatoms. The lowest BCUT2D eigenvalue weighted by Gasteiger charge is -2.47. The van der Waals surface area contributed by atoms with E-state index >= 15 is 0 Å². The van der Waals surface area contributed by atoms with Gasteiger partial charge in [-0.15, -0.1) is 0 Å². The molecule has 2 fully saturated rings. The Labute approximate surface area is 268 Å². The number of anilines is 1. The first-order valence-electron chi connectivity index (χ1n) is 15.6. The summed E-state index contributed by atoms with van der Waals surface area (Å²) in [5.41, 5.74) is 3.67. The van der Waals surface area contributed by atoms with Crippen LogP contribution in [0.25, 0.3) is 10.8 Å². The fraction of sp³-hybridized carbons (Fsp3) is 0.306. The van der Waals surface area contributed by atoms with E-state index in [-0.39, 0.29) is 49.3 Å². The molecule has 0 unspecified atom stereocenters. The monoisotopic (exact) mass is 622 g/mol. The molecule has 0 spiro atoms. The lowest BCUT2D eigenvalue weighted by atomic mass is 9.98. The lowest BCUT2D eigenvalue weighted by Crippen LogP contribution is -2.66. The predicted octanol–water partition coefficient (Wildman–Crippen LogP) is 4.98. The minimum Gasteiger partial charge on any atom is -0.388 e. The van der Waals surface area contributed by atoms with Crippen LogP contribution in [0.15, 0.2) is 91.0 Å². The number of hydrazine groups is 1. The lowest BCUT2D eigenvalue weighted by molar-refractivity contribution is -0.158. The number of rotatable bonds is 9. The van der Waals surface area contributed by atoms with Crippen LogP contribution >= 0.6 is 0 Å². The number of fused-ring (bicyclic) bond motifs is 2. The average Bonchev–Trinajstić information content (AvgIpc) is 3.37. The van der Waals surface area contributed by atoms with Gasteiger partial charge in [-0.3, -0.25) is 14.6 Å². The Balaban J connectivity index is 1.31. The van der Waals surface area contributed by atoms with Gasteiger partial charge in [0.25, 0.3) is 0 Å². The third kappa shape index (κ3) is 6.25. The smallest absolute Gasteiger partial charge is 0.332 e. The van der Waals surface area contributed by atoms with Crippen molar-refractivity contribution in [3.63, 3.8) is 0 Å². The van der Waals surface area contributed by atoms with Crippen LogP contribution in [0.4, 0.5) is 14.9 Å². The summed E-state index contributed by atoms with van der Waals surface area (Å²) in [7, 11) is 1.85. The number of halogens is 1. The number of urea groups is 1. The maximum absolute atomic E-state index is 14.3. The fourth-order valence-electron chi connectivity index (χ4n) is 6.54. The molecule has 9 nitrogen and oxygen atoms in total. The first-order chi connectivity index (χ1) is 22.2. The predicted molar refractivity (Wildman–Crippen MR) is 176 cm³/mol. The molecule has 2 atom stereocenters. The van der Waals surface area contributed by atoms with E-state index in [1.54, 1.807) is 27.1 Å². The van der Waals surface area contributed by atoms with Crippen molar-refractivity contribution in [1.82, 2.24) is 25.1 Å². The summed E-state index contributed by atoms with van der Waals surface area (Å²) in [6.07, 6.45) is -0.190. The summed E-state index contributed by atoms with van der Waals surface area (Å²) in [5.74, 6) is -0.659. The Morgan fingerprint density at radius 1 is 0.935 bits per heavy atom. The van der Waals surface area contributed by atoms with Gasteiger partial charge in [0, 0.05) is 38.3 Å². The molecule has 2 saturated heterocycles. The van der Waals surface area contributed by atoms with E-state index in [2.05, 4.69) is 28.8 Å². The molecule has 4 aromatic carbocycles. The fourth-order valence-corrected chi connectivity index (χ4v) is 6.54. The van der Waals surface area contributed by atoms with Gasteiger partial charge in [0.1, 0.15) is 18.0 Å². The molecule has 46 heavy (non-hydrogen) atoms. The van der Waals surface area contributed by atoms with Crippen molar-refractivity contribution in [1.29, 1.82) is 0 Å². The molecule has 0 radical (unpaired) electrons. The van der Waals surface area contributed by atoms with Crippen LogP contribution in [0.5, 0.6) is 0 Å². The third-order valence-corrected chi connectivity index (χ3v) is 8.81. The van der Waals surface area contributed by atoms with E-state index in [1.807, 2.05) is 74.3 Å². The largest absolute Gasteiger partial charge is 0.388 e. The van der Waals surface area contributed by atoms with Crippen LogP contribution in [0.2, 0.25) is 0 Å². The quantitative estimate of drug-likeness (QED) is 0.275. The number of benzene rings is 4. The Kier molecular flexibility index (Phi) is 8.90. The summed E-state index contributed by atoms with van der Waals surface area (Å²) in [6, 6.07) is 26.6. The van der Waals surface area contributed by atoms with Gasteiger partial charge in [0.05, 0.1) is 13.1 Å². The second-order valence-electron chi connectivity index (χ2n) is 12.1. The van der Waals surface area contributed by atoms with Gasteiger partial charge in [-0.25, -0.2) is 9.18 Å². The molecule has 4 aromatic rings. The molecule has 2 aliphatic rings. The highest BCUT2D eigenvalue weighted by molar-refractivity contribution is 5.92. The van der Waals surface area contributed by atoms with Crippen LogP contribution in [-0.4, -0.2) is 76.0 Å². The second-order valence-corrected chi connectivity index (χ2v) is 12.1. The van der Waals surface area contributed by atoms with Crippen molar-refractivity contribution in [3.05, 3.63) is 114 Å². The molecule has 2 heterocycles. The Morgan fingerprint density at radius 3 is 2.35 bits per heavy atom. The van der Waals surface area contributed by atoms with Gasteiger partial charge >= 0.3 is 6.03 Å². The van der Waals surface area contributed by atoms with Gasteiger partial charge in [-0.1, -0.05) is 66.7 Å². The van der Waals surface area contributed by atoms with Crippen LogP contribution in [0.1, 0.15) is 30.5 Å². The minimum absolute atomic E-state index is 0.0304. The third-order valence-electron chi connectivity index (χ3n) is 8.81. The van der Waals surface area contributed by atoms with E-state index < -0.39 is 12.2 Å². The number of carbonyl (C=O) groups excluding carboxylic acids is 3. The minimum atomic E-state index is -0.733. The highest BCUT2D eigenvalue weighted by Crippen LogP contribution is 2.32. The zero-order chi connectivity index (χ0) is 32.4. The molecular weight excluding hydrogens is 583 g/mol. The molecule has 0 bridgehead atoms. The van der Waals surface area contributed by atoms with Crippen molar-refractivity contribution >= 4 is 34.3 Å². The number of hydrogen-bond acceptors (Lipinski definition) is 5. The number of nitrogens with zero attached hydrogens (tertiary/aromatic N) is 4. The first kappa shape index (κ1) is 31.0. The van der Waals surface area contributed by atoms with E-state index in [0.29, 0.717) is 13.0 Å². The standard InChI is InChI=1S/C36H39FN6O3/c1-24(2)43(36(46)39-20-26-11-15-29(37)16-12-26)41-23-34(44)42-32(19-25-13-17-30(38-3)18-14-25)35(45)40(22-33(41)42)21-28-9-6-8-27-7-4-5-10-31(27)28/h4-18,24,32-33,38H,19-23H2,1-3H3,(H,39,46)/t32-,33+/m0/s1. The highest BCUT2D eigenvalue weighted by Gasteiger charge is 2.52. The summed E-state index contributed by atoms with van der Waals surface area (Å²) in [6.45, 7) is 4.59. The molecule has 4 amide bonds. The molecule has 2 aliphatic heterocycles. The average molecular weight is 623 g/mol. The van der Waals surface area contributed by atoms with Crippen LogP contribution in [0, 0.1) is 5.82 Å². The molecule has 0 saturated carbocycles. The number of carbonyl (C=O) groups is 3. The second kappa shape index (κ2) is 13.2. The Hall–Kier alpha value is -4.96. The SMILES string of the molecule is CNc1ccc(C[C@H]2C(=O)N(Cc3cccc4ccccc34)C[C@H]3N2C(=O)CN3N(C(=O)NCc2ccc(F)cc2)C(C)C)cc1. The van der Waals surface area contributed by atoms with Gasteiger partial charge in [0.2, 0.25) is 11.8 Å². The summed E-state index contributed by atoms with van der Waals surface area (Å²) >= 11 is 0. The van der Waals surface area contributed by atoms with Crippen molar-refractivity contribution < 1.29 is 18.8 Å². The Morgan fingerprint density at radius 2 is 1.63 bits per heavy atom. The number of amides is 4. The maximum atomic E-state index is 14.3. The molecule has 2 N–H and O–H groups in total. The molecule has 6 rings (SSSR count). The van der Waals surface area contributed by atoms with Crippen molar-refractivity contribution in [2.24, 2.45) is 0 Å². The number of piperazine rings is 1. The number of nitrogens with one attached hydrogen (secondary N) is 2. The van der Waals surface area contributed by atoms with Crippen LogP contribution in [0.3, 0.4) is 0 Å². The normalized spacial score (nSPS) is 18.3. The summed E-state index contributed by atoms with van der Waals surface area (Å²) in [4.78, 5) is 45.3. The van der Waals surface area contributed by atoms with E-state index in [9.17, 15) is 18.8 Å². The maximum Gasteiger partial charge on any atom is 0.332 e. The van der Waals surface area contributed by atoms with Crippen molar-refractivity contribution in [3.8, 4) is 0 Å². The molecule has 0 aromatic heterocycles. The van der Waals surface area contributed by atoms with E-state index in [4.69, 9.17) is 0 Å². The molecular formula is C36H39FN6O3. The van der Waals surface area contributed by atoms with E-state index in [1.165, 1.54) is 12.1 Å². The van der Waals surface area contributed by atoms with Crippen molar-refractivity contribution in [2.75, 3.05) is 25.5 Å². The molecule has 0 aliphatic carbocycles. The van der Waals surface area contributed by atoms with Crippen LogP contribution < -0.4 is 10.6 Å². The van der Waals surface area contributed by atoms with E-state index in [0.717, 1.165) is 33.2 Å². The van der Waals surface area contributed by atoms with Gasteiger partial charge < -0.3 is 20.4 Å². The van der Waals surface area contributed by atoms with Crippen LogP contribution in [-0.2, 0) is 29.1 Å². The zero-order valence-corrected chi connectivity index (χ0v) is 26.3. The van der Waals surface area contributed by atoms with Gasteiger partial charge in [-0.2, -0.15) is 5.01 Å². The first-order valence-corrected chi connectivity index (χ1v) is 15.6. The zero-order valence-electron chi connectivity index (χ0n) is 26.3. The Bertz CT molecular complexity index is 1720. The van der Waals surface area contributed by atoms with Gasteiger partial charge in [0.15, 0.2) is 0 Å². The summed E-state index contributed by atoms with van der Waals surface area (Å²) < 4.78 is 13.4. The van der Waals surface area contributed by atoms with Gasteiger partial charge in [-0.05, 0) is 65.6 Å². The highest BCUT2D eigenvalue weighted by atomic mass is 19.1. The van der Waals surface area contributed by atoms with Crippen molar-refractivity contribution in [2.45, 2.75) is 51.6 Å².